The number of amides is 2. The van der Waals surface area contributed by atoms with Gasteiger partial charge in [0.15, 0.2) is 0 Å². The number of likely N-dealkylation sites (tertiary alicyclic amines) is 1. The van der Waals surface area contributed by atoms with Crippen molar-refractivity contribution in [2.75, 3.05) is 32.7 Å². The molecule has 0 radical (unpaired) electrons. The van der Waals surface area contributed by atoms with Crippen LogP contribution in [0.2, 0.25) is 0 Å². The van der Waals surface area contributed by atoms with Crippen molar-refractivity contribution in [3.8, 4) is 0 Å². The van der Waals surface area contributed by atoms with E-state index in [1.807, 2.05) is 6.92 Å². The van der Waals surface area contributed by atoms with Crippen LogP contribution in [0.3, 0.4) is 0 Å². The minimum Gasteiger partial charge on any atom is -0.481 e. The Labute approximate surface area is 121 Å². The molecule has 1 saturated heterocycles. The van der Waals surface area contributed by atoms with Crippen LogP contribution in [0.25, 0.3) is 0 Å². The molecule has 0 aromatic heterocycles. The highest BCUT2D eigenvalue weighted by atomic mass is 16.4. The number of carbonyl (C=O) groups excluding carboxylic acids is 1. The van der Waals surface area contributed by atoms with Gasteiger partial charge in [-0.25, -0.2) is 4.79 Å². The standard InChI is InChI=1S/C14H27N3O3/c1-4-16(5-2)9-11(3)15-14(20)17-7-6-12(10-17)8-13(18)19/h11-12H,4-10H2,1-3H3,(H,15,20)(H,18,19). The van der Waals surface area contributed by atoms with Crippen LogP contribution in [-0.2, 0) is 4.79 Å². The monoisotopic (exact) mass is 285 g/mol. The average molecular weight is 285 g/mol. The zero-order valence-corrected chi connectivity index (χ0v) is 12.8. The summed E-state index contributed by atoms with van der Waals surface area (Å²) in [6.07, 6.45) is 0.933. The second-order valence-electron chi connectivity index (χ2n) is 5.53. The van der Waals surface area contributed by atoms with Gasteiger partial charge in [-0.05, 0) is 32.4 Å². The van der Waals surface area contributed by atoms with Gasteiger partial charge in [0.1, 0.15) is 0 Å². The molecule has 0 aliphatic carbocycles. The molecule has 20 heavy (non-hydrogen) atoms. The number of carboxylic acids is 1. The van der Waals surface area contributed by atoms with Gasteiger partial charge in [0.05, 0.1) is 0 Å². The van der Waals surface area contributed by atoms with Crippen molar-refractivity contribution in [3.05, 3.63) is 0 Å². The number of carboxylic acid groups (broad SMARTS) is 1. The summed E-state index contributed by atoms with van der Waals surface area (Å²) in [5.74, 6) is -0.691. The highest BCUT2D eigenvalue weighted by molar-refractivity contribution is 5.75. The van der Waals surface area contributed by atoms with Crippen LogP contribution in [0, 0.1) is 5.92 Å². The first-order valence-corrected chi connectivity index (χ1v) is 7.45. The van der Waals surface area contributed by atoms with E-state index >= 15 is 0 Å². The van der Waals surface area contributed by atoms with E-state index in [0.29, 0.717) is 13.1 Å². The molecule has 1 aliphatic heterocycles. The van der Waals surface area contributed by atoms with E-state index in [2.05, 4.69) is 24.1 Å². The van der Waals surface area contributed by atoms with Gasteiger partial charge in [-0.1, -0.05) is 13.8 Å². The van der Waals surface area contributed by atoms with Crippen molar-refractivity contribution in [1.82, 2.24) is 15.1 Å². The maximum atomic E-state index is 12.1. The molecule has 1 rings (SSSR count). The molecule has 6 nitrogen and oxygen atoms in total. The summed E-state index contributed by atoms with van der Waals surface area (Å²) in [4.78, 5) is 26.8. The highest BCUT2D eigenvalue weighted by Crippen LogP contribution is 2.19. The van der Waals surface area contributed by atoms with Crippen molar-refractivity contribution in [1.29, 1.82) is 0 Å². The summed E-state index contributed by atoms with van der Waals surface area (Å²) >= 11 is 0. The number of likely N-dealkylation sites (N-methyl/N-ethyl adjacent to an activating group) is 1. The van der Waals surface area contributed by atoms with Crippen molar-refractivity contribution in [2.24, 2.45) is 5.92 Å². The molecule has 0 aromatic rings. The van der Waals surface area contributed by atoms with Crippen LogP contribution >= 0.6 is 0 Å². The van der Waals surface area contributed by atoms with E-state index in [1.54, 1.807) is 4.90 Å². The predicted molar refractivity (Wildman–Crippen MR) is 77.7 cm³/mol. The van der Waals surface area contributed by atoms with Crippen LogP contribution in [0.5, 0.6) is 0 Å². The van der Waals surface area contributed by atoms with Crippen molar-refractivity contribution in [2.45, 2.75) is 39.7 Å². The third kappa shape index (κ3) is 5.36. The number of hydrogen-bond acceptors (Lipinski definition) is 3. The Morgan fingerprint density at radius 2 is 2.05 bits per heavy atom. The minimum absolute atomic E-state index is 0.0717. The highest BCUT2D eigenvalue weighted by Gasteiger charge is 2.28. The van der Waals surface area contributed by atoms with Crippen LogP contribution in [0.15, 0.2) is 0 Å². The molecule has 0 spiro atoms. The van der Waals surface area contributed by atoms with Gasteiger partial charge in [0.2, 0.25) is 0 Å². The Bertz CT molecular complexity index is 332. The fourth-order valence-electron chi connectivity index (χ4n) is 2.65. The maximum absolute atomic E-state index is 12.1. The lowest BCUT2D eigenvalue weighted by molar-refractivity contribution is -0.138. The molecular formula is C14H27N3O3. The number of hydrogen-bond donors (Lipinski definition) is 2. The molecule has 116 valence electrons. The molecule has 2 unspecified atom stereocenters. The Balaban J connectivity index is 2.34. The quantitative estimate of drug-likeness (QED) is 0.738. The number of rotatable bonds is 7. The smallest absolute Gasteiger partial charge is 0.317 e. The lowest BCUT2D eigenvalue weighted by atomic mass is 10.1. The number of carbonyl (C=O) groups is 2. The molecule has 1 heterocycles. The van der Waals surface area contributed by atoms with Crippen LogP contribution in [0.1, 0.15) is 33.6 Å². The Hall–Kier alpha value is -1.30. The van der Waals surface area contributed by atoms with Crippen LogP contribution in [0.4, 0.5) is 4.79 Å². The molecular weight excluding hydrogens is 258 g/mol. The Morgan fingerprint density at radius 1 is 1.40 bits per heavy atom. The topological polar surface area (TPSA) is 72.9 Å². The number of aliphatic carboxylic acids is 1. The Kier molecular flexibility index (Phi) is 6.78. The van der Waals surface area contributed by atoms with Gasteiger partial charge in [-0.3, -0.25) is 4.79 Å². The molecule has 2 amide bonds. The maximum Gasteiger partial charge on any atom is 0.317 e. The summed E-state index contributed by atoms with van der Waals surface area (Å²) in [6, 6.07) is 0.0264. The predicted octanol–water partition coefficient (Wildman–Crippen LogP) is 1.22. The summed E-state index contributed by atoms with van der Waals surface area (Å²) in [6.45, 7) is 10.2. The molecule has 6 heteroatoms. The zero-order valence-electron chi connectivity index (χ0n) is 12.8. The first kappa shape index (κ1) is 16.8. The first-order valence-electron chi connectivity index (χ1n) is 7.45. The second kappa shape index (κ2) is 8.09. The normalized spacial score (nSPS) is 20.2. The lowest BCUT2D eigenvalue weighted by Crippen LogP contribution is -2.47. The summed E-state index contributed by atoms with van der Waals surface area (Å²) in [5, 5.41) is 11.8. The number of nitrogens with zero attached hydrogens (tertiary/aromatic N) is 2. The van der Waals surface area contributed by atoms with Gasteiger partial charge in [0.25, 0.3) is 0 Å². The largest absolute Gasteiger partial charge is 0.481 e. The van der Waals surface area contributed by atoms with E-state index < -0.39 is 5.97 Å². The molecule has 2 N–H and O–H groups in total. The van der Waals surface area contributed by atoms with E-state index in [9.17, 15) is 9.59 Å². The third-order valence-corrected chi connectivity index (χ3v) is 3.83. The van der Waals surface area contributed by atoms with Crippen molar-refractivity contribution in [3.63, 3.8) is 0 Å². The van der Waals surface area contributed by atoms with Gasteiger partial charge in [0, 0.05) is 32.1 Å². The van der Waals surface area contributed by atoms with E-state index in [-0.39, 0.29) is 24.4 Å². The average Bonchev–Trinajstić information content (AvgIpc) is 2.83. The van der Waals surface area contributed by atoms with Crippen LogP contribution in [-0.4, -0.2) is 65.7 Å². The summed E-state index contributed by atoms with van der Waals surface area (Å²) < 4.78 is 0. The van der Waals surface area contributed by atoms with E-state index in [1.165, 1.54) is 0 Å². The minimum atomic E-state index is -0.785. The third-order valence-electron chi connectivity index (χ3n) is 3.83. The lowest BCUT2D eigenvalue weighted by Gasteiger charge is -2.25. The number of urea groups is 1. The summed E-state index contributed by atoms with van der Waals surface area (Å²) in [5.41, 5.74) is 0. The van der Waals surface area contributed by atoms with Gasteiger partial charge < -0.3 is 20.2 Å². The molecule has 2 atom stereocenters. The first-order chi connectivity index (χ1) is 9.46. The van der Waals surface area contributed by atoms with Gasteiger partial charge >= 0.3 is 12.0 Å². The van der Waals surface area contributed by atoms with Gasteiger partial charge in [-0.2, -0.15) is 0 Å². The van der Waals surface area contributed by atoms with E-state index in [4.69, 9.17) is 5.11 Å². The number of nitrogens with one attached hydrogen (secondary N) is 1. The summed E-state index contributed by atoms with van der Waals surface area (Å²) in [7, 11) is 0. The zero-order chi connectivity index (χ0) is 15.1. The van der Waals surface area contributed by atoms with Crippen molar-refractivity contribution >= 4 is 12.0 Å². The van der Waals surface area contributed by atoms with Gasteiger partial charge in [-0.15, -0.1) is 0 Å². The molecule has 0 bridgehead atoms. The fourth-order valence-corrected chi connectivity index (χ4v) is 2.65. The fraction of sp³-hybridized carbons (Fsp3) is 0.857. The Morgan fingerprint density at radius 3 is 2.60 bits per heavy atom. The second-order valence-corrected chi connectivity index (χ2v) is 5.53. The molecule has 0 saturated carbocycles. The molecule has 0 aromatic carbocycles. The van der Waals surface area contributed by atoms with Crippen molar-refractivity contribution < 1.29 is 14.7 Å². The van der Waals surface area contributed by atoms with Crippen LogP contribution < -0.4 is 5.32 Å². The van der Waals surface area contributed by atoms with E-state index in [0.717, 1.165) is 26.1 Å². The molecule has 1 fully saturated rings. The SMILES string of the molecule is CCN(CC)CC(C)NC(=O)N1CCC(CC(=O)O)C1. The molecule has 1 aliphatic rings.